The van der Waals surface area contributed by atoms with E-state index in [1.165, 1.54) is 16.6 Å². The Morgan fingerprint density at radius 3 is 2.93 bits per heavy atom. The molecule has 1 spiro atoms. The van der Waals surface area contributed by atoms with Crippen molar-refractivity contribution in [1.82, 2.24) is 14.2 Å². The predicted molar refractivity (Wildman–Crippen MR) is 121 cm³/mol. The Kier molecular flexibility index (Phi) is 5.79. The number of hydrogen-bond donors (Lipinski definition) is 0. The van der Waals surface area contributed by atoms with Gasteiger partial charge in [-0.3, -0.25) is 9.21 Å². The van der Waals surface area contributed by atoms with Gasteiger partial charge in [-0.1, -0.05) is 6.07 Å². The molecule has 5 rings (SSSR count). The first-order valence-electron chi connectivity index (χ1n) is 10.7. The average Bonchev–Trinajstić information content (AvgIpc) is 3.24. The second-order valence-electron chi connectivity index (χ2n) is 8.97. The Labute approximate surface area is 186 Å². The van der Waals surface area contributed by atoms with Crippen molar-refractivity contribution in [3.05, 3.63) is 46.2 Å². The molecule has 3 aliphatic rings. The number of piperidine rings is 1. The lowest BCUT2D eigenvalue weighted by molar-refractivity contribution is -0.0317. The lowest BCUT2D eigenvalue weighted by Crippen LogP contribution is -2.56. The van der Waals surface area contributed by atoms with Crippen molar-refractivity contribution in [2.24, 2.45) is 5.92 Å². The quantitative estimate of drug-likeness (QED) is 0.637. The van der Waals surface area contributed by atoms with Crippen molar-refractivity contribution in [2.75, 3.05) is 37.7 Å². The minimum Gasteiger partial charge on any atom is -0.381 e. The first kappa shape index (κ1) is 20.7. The molecule has 0 unspecified atom stereocenters. The maximum atomic E-state index is 13.9. The molecule has 2 atom stereocenters. The van der Waals surface area contributed by atoms with E-state index in [0.717, 1.165) is 57.8 Å². The average molecular weight is 449 g/mol. The van der Waals surface area contributed by atoms with Crippen LogP contribution in [0.2, 0.25) is 0 Å². The van der Waals surface area contributed by atoms with Gasteiger partial charge in [0.05, 0.1) is 35.6 Å². The van der Waals surface area contributed by atoms with E-state index in [9.17, 15) is 4.39 Å². The number of anilines is 1. The summed E-state index contributed by atoms with van der Waals surface area (Å²) in [6.07, 6.45) is 3.20. The van der Waals surface area contributed by atoms with Gasteiger partial charge in [0, 0.05) is 48.6 Å². The van der Waals surface area contributed by atoms with E-state index in [4.69, 9.17) is 4.74 Å². The summed E-state index contributed by atoms with van der Waals surface area (Å²) in [5.41, 5.74) is 4.27. The molecule has 30 heavy (non-hydrogen) atoms. The van der Waals surface area contributed by atoms with E-state index in [2.05, 4.69) is 32.5 Å². The number of thiazole rings is 1. The van der Waals surface area contributed by atoms with E-state index in [1.54, 1.807) is 29.5 Å². The molecule has 0 aliphatic carbocycles. The van der Waals surface area contributed by atoms with Gasteiger partial charge in [-0.25, -0.2) is 13.7 Å². The zero-order chi connectivity index (χ0) is 20.7. The standard InChI is InChI=1S/C22H29FN4OS2/c1-16-10-22(14-25(2)30-27(22)19-5-3-4-18(23)9-19)6-7-26(16)11-21-20(24-15-29-21)8-17-12-28-13-17/h3-5,9,15-17H,6-8,10-14H2,1-2H3/t16-,22+/m0/s1. The summed E-state index contributed by atoms with van der Waals surface area (Å²) in [4.78, 5) is 8.66. The van der Waals surface area contributed by atoms with Gasteiger partial charge < -0.3 is 4.74 Å². The molecule has 3 aliphatic heterocycles. The highest BCUT2D eigenvalue weighted by Gasteiger charge is 2.49. The van der Waals surface area contributed by atoms with Crippen molar-refractivity contribution >= 4 is 29.2 Å². The molecule has 162 valence electrons. The molecular weight excluding hydrogens is 419 g/mol. The Hall–Kier alpha value is -1.19. The molecule has 0 N–H and O–H groups in total. The maximum absolute atomic E-state index is 13.9. The third-order valence-corrected chi connectivity index (χ3v) is 8.67. The summed E-state index contributed by atoms with van der Waals surface area (Å²) in [6, 6.07) is 7.49. The number of ether oxygens (including phenoxy) is 1. The summed E-state index contributed by atoms with van der Waals surface area (Å²) in [6.45, 7) is 7.12. The molecule has 3 saturated heterocycles. The highest BCUT2D eigenvalue weighted by Crippen LogP contribution is 2.47. The summed E-state index contributed by atoms with van der Waals surface area (Å²) in [7, 11) is 2.14. The fourth-order valence-corrected chi connectivity index (χ4v) is 7.02. The smallest absolute Gasteiger partial charge is 0.125 e. The van der Waals surface area contributed by atoms with Gasteiger partial charge in [0.15, 0.2) is 0 Å². The zero-order valence-electron chi connectivity index (χ0n) is 17.6. The summed E-state index contributed by atoms with van der Waals surface area (Å²) in [5, 5.41) is 0. The van der Waals surface area contributed by atoms with Crippen LogP contribution < -0.4 is 4.31 Å². The highest BCUT2D eigenvalue weighted by atomic mass is 32.2. The molecule has 1 aromatic heterocycles. The Bertz CT molecular complexity index is 892. The van der Waals surface area contributed by atoms with Gasteiger partial charge >= 0.3 is 0 Å². The number of nitrogens with zero attached hydrogens (tertiary/aromatic N) is 4. The normalized spacial score (nSPS) is 28.4. The summed E-state index contributed by atoms with van der Waals surface area (Å²) >= 11 is 3.51. The Morgan fingerprint density at radius 1 is 1.33 bits per heavy atom. The fraction of sp³-hybridized carbons (Fsp3) is 0.591. The molecule has 0 saturated carbocycles. The van der Waals surface area contributed by atoms with Crippen molar-refractivity contribution in [3.63, 3.8) is 0 Å². The van der Waals surface area contributed by atoms with E-state index in [0.29, 0.717) is 12.0 Å². The largest absolute Gasteiger partial charge is 0.381 e. The van der Waals surface area contributed by atoms with Gasteiger partial charge in [0.2, 0.25) is 0 Å². The minimum absolute atomic E-state index is 0.0446. The first-order chi connectivity index (χ1) is 14.5. The molecule has 3 fully saturated rings. The zero-order valence-corrected chi connectivity index (χ0v) is 19.2. The van der Waals surface area contributed by atoms with Crippen molar-refractivity contribution in [1.29, 1.82) is 0 Å². The fourth-order valence-electron chi connectivity index (χ4n) is 5.02. The SMILES string of the molecule is C[C@H]1C[C@]2(CCN1Cc1scnc1CC1COC1)CN(C)SN2c1cccc(F)c1. The van der Waals surface area contributed by atoms with E-state index >= 15 is 0 Å². The maximum Gasteiger partial charge on any atom is 0.125 e. The van der Waals surface area contributed by atoms with Gasteiger partial charge in [0.1, 0.15) is 5.82 Å². The van der Waals surface area contributed by atoms with Crippen LogP contribution in [0.5, 0.6) is 0 Å². The van der Waals surface area contributed by atoms with Gasteiger partial charge in [-0.2, -0.15) is 0 Å². The van der Waals surface area contributed by atoms with Crippen LogP contribution in [-0.2, 0) is 17.7 Å². The molecule has 8 heteroatoms. The van der Waals surface area contributed by atoms with Gasteiger partial charge in [-0.15, -0.1) is 11.3 Å². The number of halogens is 1. The van der Waals surface area contributed by atoms with Crippen LogP contribution in [0.3, 0.4) is 0 Å². The number of hydrogen-bond acceptors (Lipinski definition) is 7. The van der Waals surface area contributed by atoms with Crippen LogP contribution in [0.15, 0.2) is 29.8 Å². The monoisotopic (exact) mass is 448 g/mol. The Balaban J connectivity index is 1.29. The molecule has 2 aromatic rings. The molecular formula is C22H29FN4OS2. The number of rotatable bonds is 5. The molecule has 0 amide bonds. The first-order valence-corrected chi connectivity index (χ1v) is 12.3. The predicted octanol–water partition coefficient (Wildman–Crippen LogP) is 4.21. The van der Waals surface area contributed by atoms with Crippen LogP contribution >= 0.6 is 23.5 Å². The molecule has 0 radical (unpaired) electrons. The van der Waals surface area contributed by atoms with Crippen LogP contribution in [-0.4, -0.2) is 59.1 Å². The number of benzene rings is 1. The molecule has 5 nitrogen and oxygen atoms in total. The van der Waals surface area contributed by atoms with E-state index in [-0.39, 0.29) is 11.4 Å². The van der Waals surface area contributed by atoms with Crippen LogP contribution in [0.1, 0.15) is 30.3 Å². The topological polar surface area (TPSA) is 31.8 Å². The third kappa shape index (κ3) is 4.00. The van der Waals surface area contributed by atoms with E-state index < -0.39 is 0 Å². The Morgan fingerprint density at radius 2 is 2.20 bits per heavy atom. The molecule has 0 bridgehead atoms. The lowest BCUT2D eigenvalue weighted by Gasteiger charge is -2.47. The molecule has 1 aromatic carbocycles. The number of likely N-dealkylation sites (tertiary alicyclic amines) is 1. The van der Waals surface area contributed by atoms with E-state index in [1.807, 2.05) is 17.6 Å². The third-order valence-electron chi connectivity index (χ3n) is 6.64. The van der Waals surface area contributed by atoms with Crippen LogP contribution in [0.25, 0.3) is 0 Å². The molecule has 4 heterocycles. The summed E-state index contributed by atoms with van der Waals surface area (Å²) < 4.78 is 23.9. The van der Waals surface area contributed by atoms with Crippen molar-refractivity contribution in [2.45, 2.75) is 44.3 Å². The number of likely N-dealkylation sites (N-methyl/N-ethyl adjacent to an activating group) is 1. The van der Waals surface area contributed by atoms with Gasteiger partial charge in [-0.05, 0) is 51.4 Å². The van der Waals surface area contributed by atoms with Crippen molar-refractivity contribution in [3.8, 4) is 0 Å². The highest BCUT2D eigenvalue weighted by molar-refractivity contribution is 7.98. The lowest BCUT2D eigenvalue weighted by atomic mass is 9.83. The number of aromatic nitrogens is 1. The van der Waals surface area contributed by atoms with Crippen molar-refractivity contribution < 1.29 is 9.13 Å². The minimum atomic E-state index is -0.169. The van der Waals surface area contributed by atoms with Gasteiger partial charge in [0.25, 0.3) is 0 Å². The van der Waals surface area contributed by atoms with Crippen LogP contribution in [0.4, 0.5) is 10.1 Å². The summed E-state index contributed by atoms with van der Waals surface area (Å²) in [5.74, 6) is 0.469. The van der Waals surface area contributed by atoms with Crippen LogP contribution in [0, 0.1) is 11.7 Å². The second-order valence-corrected chi connectivity index (χ2v) is 11.1. The second kappa shape index (κ2) is 8.39.